The predicted octanol–water partition coefficient (Wildman–Crippen LogP) is 6.05. The Balaban J connectivity index is 1.71. The summed E-state index contributed by atoms with van der Waals surface area (Å²) in [5, 5.41) is 7.77. The second-order valence-corrected chi connectivity index (χ2v) is 8.00. The van der Waals surface area contributed by atoms with E-state index in [0.717, 1.165) is 10.0 Å². The lowest BCUT2D eigenvalue weighted by atomic mass is 10.0. The van der Waals surface area contributed by atoms with Crippen LogP contribution in [0.3, 0.4) is 0 Å². The maximum atomic E-state index is 12.7. The topological polar surface area (TPSA) is 80.9 Å². The van der Waals surface area contributed by atoms with Crippen LogP contribution in [0.1, 0.15) is 5.56 Å². The lowest BCUT2D eigenvalue weighted by Crippen LogP contribution is -2.15. The second kappa shape index (κ2) is 8.95. The summed E-state index contributed by atoms with van der Waals surface area (Å²) in [5.74, 6) is -0.172. The molecule has 0 saturated heterocycles. The van der Waals surface area contributed by atoms with Crippen molar-refractivity contribution in [1.82, 2.24) is 15.1 Å². The maximum absolute atomic E-state index is 12.7. The van der Waals surface area contributed by atoms with Crippen molar-refractivity contribution in [2.75, 3.05) is 5.32 Å². The van der Waals surface area contributed by atoms with Gasteiger partial charge in [0.2, 0.25) is 11.8 Å². The Hall–Kier alpha value is -2.74. The van der Waals surface area contributed by atoms with Crippen LogP contribution in [0.25, 0.3) is 22.5 Å². The molecule has 4 rings (SSSR count). The number of halogens is 3. The minimum absolute atomic E-state index is 0.0192. The van der Waals surface area contributed by atoms with Crippen molar-refractivity contribution in [3.05, 3.63) is 81.1 Å². The number of amides is 1. The number of hydrogen-bond acceptors (Lipinski definition) is 5. The molecular weight excluding hydrogens is 491 g/mol. The summed E-state index contributed by atoms with van der Waals surface area (Å²) in [6.45, 7) is 0. The number of aromatic nitrogens is 3. The number of rotatable bonds is 5. The molecule has 9 heteroatoms. The third kappa shape index (κ3) is 4.38. The molecule has 0 radical (unpaired) electrons. The van der Waals surface area contributed by atoms with Crippen LogP contribution in [0.15, 0.2) is 70.1 Å². The molecule has 4 aromatic rings. The first-order valence-electron chi connectivity index (χ1n) is 8.77. The Labute approximate surface area is 190 Å². The Morgan fingerprint density at radius 2 is 1.87 bits per heavy atom. The first-order chi connectivity index (χ1) is 14.5. The van der Waals surface area contributed by atoms with E-state index in [2.05, 4.69) is 36.4 Å². The molecule has 0 fully saturated rings. The Morgan fingerprint density at radius 3 is 2.57 bits per heavy atom. The van der Waals surface area contributed by atoms with Crippen LogP contribution in [0.5, 0.6) is 0 Å². The maximum Gasteiger partial charge on any atom is 0.241 e. The Bertz CT molecular complexity index is 1190. The highest BCUT2D eigenvalue weighted by atomic mass is 79.9. The van der Waals surface area contributed by atoms with Gasteiger partial charge in [-0.2, -0.15) is 0 Å². The molecular formula is C21H13BrCl2N4O2. The summed E-state index contributed by atoms with van der Waals surface area (Å²) in [7, 11) is 0. The highest BCUT2D eigenvalue weighted by molar-refractivity contribution is 9.10. The van der Waals surface area contributed by atoms with Crippen LogP contribution < -0.4 is 5.32 Å². The average molecular weight is 504 g/mol. The van der Waals surface area contributed by atoms with Gasteiger partial charge in [-0.05, 0) is 35.9 Å². The molecule has 0 atom stereocenters. The van der Waals surface area contributed by atoms with E-state index in [9.17, 15) is 4.79 Å². The van der Waals surface area contributed by atoms with E-state index >= 15 is 0 Å². The van der Waals surface area contributed by atoms with Gasteiger partial charge in [0.25, 0.3) is 0 Å². The summed E-state index contributed by atoms with van der Waals surface area (Å²) in [6.07, 6.45) is 3.01. The standard InChI is InChI=1S/C21H13BrCl2N4O2/c22-13-4-1-3-12(9-13)20-19(17-7-8-25-11-26-17)21(30-28-20)27-18(29)10-14-15(23)5-2-6-16(14)24/h1-9,11H,10H2,(H,27,29). The second-order valence-electron chi connectivity index (χ2n) is 6.27. The van der Waals surface area contributed by atoms with Gasteiger partial charge in [0.05, 0.1) is 17.7 Å². The third-order valence-electron chi connectivity index (χ3n) is 4.28. The average Bonchev–Trinajstić information content (AvgIpc) is 3.15. The molecule has 2 aromatic heterocycles. The van der Waals surface area contributed by atoms with Gasteiger partial charge >= 0.3 is 0 Å². The molecule has 1 amide bonds. The van der Waals surface area contributed by atoms with Gasteiger partial charge in [0, 0.05) is 26.3 Å². The van der Waals surface area contributed by atoms with E-state index in [4.69, 9.17) is 27.7 Å². The molecule has 1 N–H and O–H groups in total. The quantitative estimate of drug-likeness (QED) is 0.358. The molecule has 0 aliphatic rings. The lowest BCUT2D eigenvalue weighted by molar-refractivity contribution is -0.115. The summed E-state index contributed by atoms with van der Waals surface area (Å²) < 4.78 is 6.37. The van der Waals surface area contributed by atoms with Crippen LogP contribution in [0.4, 0.5) is 5.88 Å². The molecule has 0 spiro atoms. The number of anilines is 1. The first kappa shape index (κ1) is 20.5. The fourth-order valence-corrected chi connectivity index (χ4v) is 3.85. The molecule has 0 aliphatic heterocycles. The van der Waals surface area contributed by atoms with Crippen molar-refractivity contribution in [2.45, 2.75) is 6.42 Å². The van der Waals surface area contributed by atoms with Gasteiger partial charge < -0.3 is 4.52 Å². The van der Waals surface area contributed by atoms with Crippen LogP contribution in [-0.2, 0) is 11.2 Å². The monoisotopic (exact) mass is 502 g/mol. The van der Waals surface area contributed by atoms with Crippen molar-refractivity contribution in [2.24, 2.45) is 0 Å². The normalized spacial score (nSPS) is 10.8. The SMILES string of the molecule is O=C(Cc1c(Cl)cccc1Cl)Nc1onc(-c2cccc(Br)c2)c1-c1ccncn1. The van der Waals surface area contributed by atoms with E-state index in [-0.39, 0.29) is 18.2 Å². The minimum atomic E-state index is -0.350. The van der Waals surface area contributed by atoms with Crippen molar-refractivity contribution >= 4 is 50.9 Å². The van der Waals surface area contributed by atoms with E-state index in [1.54, 1.807) is 30.5 Å². The summed E-state index contributed by atoms with van der Waals surface area (Å²) in [6, 6.07) is 14.4. The molecule has 0 bridgehead atoms. The fraction of sp³-hybridized carbons (Fsp3) is 0.0476. The number of nitrogens with zero attached hydrogens (tertiary/aromatic N) is 3. The van der Waals surface area contributed by atoms with E-state index in [1.807, 2.05) is 24.3 Å². The van der Waals surface area contributed by atoms with Gasteiger partial charge in [0.15, 0.2) is 0 Å². The Morgan fingerprint density at radius 1 is 1.10 bits per heavy atom. The zero-order valence-electron chi connectivity index (χ0n) is 15.3. The predicted molar refractivity (Wildman–Crippen MR) is 119 cm³/mol. The van der Waals surface area contributed by atoms with E-state index in [1.165, 1.54) is 6.33 Å². The van der Waals surface area contributed by atoms with Crippen molar-refractivity contribution in [3.8, 4) is 22.5 Å². The molecule has 2 aromatic carbocycles. The number of carbonyl (C=O) groups excluding carboxylic acids is 1. The van der Waals surface area contributed by atoms with Crippen molar-refractivity contribution < 1.29 is 9.32 Å². The lowest BCUT2D eigenvalue weighted by Gasteiger charge is -2.08. The van der Waals surface area contributed by atoms with Gasteiger partial charge in [-0.15, -0.1) is 0 Å². The van der Waals surface area contributed by atoms with Gasteiger partial charge in [-0.25, -0.2) is 9.97 Å². The van der Waals surface area contributed by atoms with E-state index < -0.39 is 0 Å². The molecule has 150 valence electrons. The zero-order valence-corrected chi connectivity index (χ0v) is 18.4. The first-order valence-corrected chi connectivity index (χ1v) is 10.3. The summed E-state index contributed by atoms with van der Waals surface area (Å²) in [4.78, 5) is 21.0. The van der Waals surface area contributed by atoms with Crippen LogP contribution in [0.2, 0.25) is 10.0 Å². The molecule has 6 nitrogen and oxygen atoms in total. The van der Waals surface area contributed by atoms with Gasteiger partial charge in [-0.3, -0.25) is 10.1 Å². The number of carbonyl (C=O) groups is 1. The highest BCUT2D eigenvalue weighted by Crippen LogP contribution is 2.37. The van der Waals surface area contributed by atoms with Crippen molar-refractivity contribution in [3.63, 3.8) is 0 Å². The van der Waals surface area contributed by atoms with Gasteiger partial charge in [-0.1, -0.05) is 62.5 Å². The van der Waals surface area contributed by atoms with Gasteiger partial charge in [0.1, 0.15) is 12.0 Å². The number of nitrogens with one attached hydrogen (secondary N) is 1. The number of hydrogen-bond donors (Lipinski definition) is 1. The van der Waals surface area contributed by atoms with Crippen molar-refractivity contribution in [1.29, 1.82) is 0 Å². The number of benzene rings is 2. The highest BCUT2D eigenvalue weighted by Gasteiger charge is 2.23. The smallest absolute Gasteiger partial charge is 0.241 e. The summed E-state index contributed by atoms with van der Waals surface area (Å²) >= 11 is 15.8. The third-order valence-corrected chi connectivity index (χ3v) is 5.48. The van der Waals surface area contributed by atoms with Crippen LogP contribution in [-0.4, -0.2) is 21.0 Å². The molecule has 0 unspecified atom stereocenters. The van der Waals surface area contributed by atoms with E-state index in [0.29, 0.717) is 32.6 Å². The molecule has 0 saturated carbocycles. The minimum Gasteiger partial charge on any atom is -0.337 e. The molecule has 2 heterocycles. The van der Waals surface area contributed by atoms with Crippen LogP contribution >= 0.6 is 39.1 Å². The largest absolute Gasteiger partial charge is 0.337 e. The zero-order chi connectivity index (χ0) is 21.1. The fourth-order valence-electron chi connectivity index (χ4n) is 2.92. The Kier molecular flexibility index (Phi) is 6.13. The molecule has 30 heavy (non-hydrogen) atoms. The van der Waals surface area contributed by atoms with Crippen LogP contribution in [0, 0.1) is 0 Å². The molecule has 0 aliphatic carbocycles. The summed E-state index contributed by atoms with van der Waals surface area (Å²) in [5.41, 5.74) is 2.99.